The molecule has 2 N–H and O–H groups in total. The van der Waals surface area contributed by atoms with Crippen LogP contribution < -0.4 is 5.73 Å². The van der Waals surface area contributed by atoms with Crippen LogP contribution in [-0.4, -0.2) is 19.7 Å². The number of anilines is 1. The zero-order chi connectivity index (χ0) is 13.5. The number of halogens is 3. The first-order chi connectivity index (χ1) is 8.27. The van der Waals surface area contributed by atoms with E-state index in [0.29, 0.717) is 11.4 Å². The van der Waals surface area contributed by atoms with Gasteiger partial charge in [-0.15, -0.1) is 0 Å². The van der Waals surface area contributed by atoms with Crippen molar-refractivity contribution >= 4 is 5.82 Å². The van der Waals surface area contributed by atoms with Crippen LogP contribution in [0.4, 0.5) is 19.0 Å². The molecule has 0 amide bonds. The van der Waals surface area contributed by atoms with Crippen molar-refractivity contribution in [2.24, 2.45) is 0 Å². The third-order valence-corrected chi connectivity index (χ3v) is 2.19. The lowest BCUT2D eigenvalue weighted by molar-refractivity contribution is -0.141. The lowest BCUT2D eigenvalue weighted by Crippen LogP contribution is -2.10. The summed E-state index contributed by atoms with van der Waals surface area (Å²) < 4.78 is 38.3. The van der Waals surface area contributed by atoms with Gasteiger partial charge >= 0.3 is 6.18 Å². The Bertz CT molecular complexity index is 567. The Labute approximate surface area is 100 Å². The SMILES string of the molecule is Cc1cc(C)nc(-n2nc(C(F)(F)F)cc2N)n1. The first-order valence-electron chi connectivity index (χ1n) is 5.03. The van der Waals surface area contributed by atoms with Gasteiger partial charge in [-0.25, -0.2) is 9.97 Å². The molecule has 0 spiro atoms. The van der Waals surface area contributed by atoms with Crippen molar-refractivity contribution in [2.45, 2.75) is 20.0 Å². The second kappa shape index (κ2) is 3.97. The zero-order valence-corrected chi connectivity index (χ0v) is 9.65. The van der Waals surface area contributed by atoms with E-state index in [-0.39, 0.29) is 11.8 Å². The van der Waals surface area contributed by atoms with Gasteiger partial charge in [0.15, 0.2) is 5.69 Å². The molecule has 0 unspecified atom stereocenters. The molecule has 0 saturated heterocycles. The van der Waals surface area contributed by atoms with Crippen molar-refractivity contribution < 1.29 is 13.2 Å². The Hall–Kier alpha value is -2.12. The van der Waals surface area contributed by atoms with E-state index < -0.39 is 11.9 Å². The molecule has 0 aliphatic heterocycles. The molecular weight excluding hydrogens is 247 g/mol. The quantitative estimate of drug-likeness (QED) is 0.846. The Balaban J connectivity index is 2.54. The second-order valence-corrected chi connectivity index (χ2v) is 3.81. The fraction of sp³-hybridized carbons (Fsp3) is 0.300. The molecule has 96 valence electrons. The van der Waals surface area contributed by atoms with Crippen LogP contribution in [-0.2, 0) is 6.18 Å². The van der Waals surface area contributed by atoms with Crippen molar-refractivity contribution in [3.63, 3.8) is 0 Å². The molecule has 0 atom stereocenters. The van der Waals surface area contributed by atoms with Gasteiger partial charge in [-0.1, -0.05) is 0 Å². The summed E-state index contributed by atoms with van der Waals surface area (Å²) in [6.07, 6.45) is -4.54. The third-order valence-electron chi connectivity index (χ3n) is 2.19. The summed E-state index contributed by atoms with van der Waals surface area (Å²) in [6.45, 7) is 3.42. The maximum atomic E-state index is 12.5. The Morgan fingerprint density at radius 3 is 2.11 bits per heavy atom. The molecule has 0 bridgehead atoms. The number of rotatable bonds is 1. The first kappa shape index (κ1) is 12.3. The summed E-state index contributed by atoms with van der Waals surface area (Å²) in [7, 11) is 0. The molecule has 0 radical (unpaired) electrons. The van der Waals surface area contributed by atoms with E-state index in [9.17, 15) is 13.2 Å². The molecule has 0 aliphatic carbocycles. The highest BCUT2D eigenvalue weighted by Crippen LogP contribution is 2.29. The van der Waals surface area contributed by atoms with Gasteiger partial charge in [0.05, 0.1) is 0 Å². The van der Waals surface area contributed by atoms with Crippen LogP contribution in [0.3, 0.4) is 0 Å². The highest BCUT2D eigenvalue weighted by molar-refractivity contribution is 5.38. The minimum absolute atomic E-state index is 0.0282. The van der Waals surface area contributed by atoms with Gasteiger partial charge in [0.25, 0.3) is 5.95 Å². The first-order valence-corrected chi connectivity index (χ1v) is 5.03. The van der Waals surface area contributed by atoms with Crippen LogP contribution in [0.1, 0.15) is 17.1 Å². The van der Waals surface area contributed by atoms with Crippen molar-refractivity contribution in [3.05, 3.63) is 29.2 Å². The summed E-state index contributed by atoms with van der Waals surface area (Å²) >= 11 is 0. The zero-order valence-electron chi connectivity index (χ0n) is 9.65. The summed E-state index contributed by atoms with van der Waals surface area (Å²) in [6, 6.07) is 2.45. The number of hydrogen-bond acceptors (Lipinski definition) is 4. The van der Waals surface area contributed by atoms with Crippen LogP contribution in [0.2, 0.25) is 0 Å². The predicted octanol–water partition coefficient (Wildman–Crippen LogP) is 1.88. The van der Waals surface area contributed by atoms with Crippen molar-refractivity contribution in [1.29, 1.82) is 0 Å². The molecule has 0 saturated carbocycles. The topological polar surface area (TPSA) is 69.6 Å². The van der Waals surface area contributed by atoms with Crippen LogP contribution in [0.15, 0.2) is 12.1 Å². The van der Waals surface area contributed by atoms with Crippen LogP contribution >= 0.6 is 0 Å². The van der Waals surface area contributed by atoms with Crippen molar-refractivity contribution in [2.75, 3.05) is 5.73 Å². The van der Waals surface area contributed by atoms with E-state index in [1.54, 1.807) is 19.9 Å². The minimum atomic E-state index is -4.54. The molecule has 8 heteroatoms. The van der Waals surface area contributed by atoms with Crippen molar-refractivity contribution in [1.82, 2.24) is 19.7 Å². The number of aryl methyl sites for hydroxylation is 2. The number of nitrogen functional groups attached to an aromatic ring is 1. The van der Waals surface area contributed by atoms with E-state index in [0.717, 1.165) is 10.7 Å². The van der Waals surface area contributed by atoms with Crippen LogP contribution in [0.25, 0.3) is 5.95 Å². The van der Waals surface area contributed by atoms with Gasteiger partial charge in [-0.3, -0.25) is 0 Å². The van der Waals surface area contributed by atoms with E-state index in [4.69, 9.17) is 5.73 Å². The second-order valence-electron chi connectivity index (χ2n) is 3.81. The molecule has 18 heavy (non-hydrogen) atoms. The number of nitrogens with zero attached hydrogens (tertiary/aromatic N) is 4. The summed E-state index contributed by atoms with van der Waals surface area (Å²) in [5, 5.41) is 3.38. The van der Waals surface area contributed by atoms with Gasteiger partial charge in [-0.05, 0) is 19.9 Å². The predicted molar refractivity (Wildman–Crippen MR) is 58.0 cm³/mol. The lowest BCUT2D eigenvalue weighted by atomic mass is 10.4. The van der Waals surface area contributed by atoms with E-state index in [2.05, 4.69) is 15.1 Å². The molecular formula is C10H10F3N5. The number of nitrogens with two attached hydrogens (primary N) is 1. The van der Waals surface area contributed by atoms with Gasteiger partial charge in [0.2, 0.25) is 0 Å². The molecule has 0 aromatic carbocycles. The van der Waals surface area contributed by atoms with E-state index in [1.165, 1.54) is 0 Å². The number of hydrogen-bond donors (Lipinski definition) is 1. The largest absolute Gasteiger partial charge is 0.435 e. The number of aromatic nitrogens is 4. The Morgan fingerprint density at radius 2 is 1.67 bits per heavy atom. The van der Waals surface area contributed by atoms with E-state index >= 15 is 0 Å². The molecule has 2 heterocycles. The highest BCUT2D eigenvalue weighted by atomic mass is 19.4. The summed E-state index contributed by atoms with van der Waals surface area (Å²) in [4.78, 5) is 8.00. The fourth-order valence-corrected chi connectivity index (χ4v) is 1.50. The number of alkyl halides is 3. The normalized spacial score (nSPS) is 11.8. The Morgan fingerprint density at radius 1 is 1.11 bits per heavy atom. The van der Waals surface area contributed by atoms with E-state index in [1.807, 2.05) is 0 Å². The summed E-state index contributed by atoms with van der Waals surface area (Å²) in [5.74, 6) is -0.132. The molecule has 0 aliphatic rings. The third kappa shape index (κ3) is 2.27. The minimum Gasteiger partial charge on any atom is -0.383 e. The molecule has 2 aromatic rings. The smallest absolute Gasteiger partial charge is 0.383 e. The van der Waals surface area contributed by atoms with Crippen LogP contribution in [0.5, 0.6) is 0 Å². The standard InChI is InChI=1S/C10H10F3N5/c1-5-3-6(2)16-9(15-5)18-8(14)4-7(17-18)10(11,12)13/h3-4H,14H2,1-2H3. The van der Waals surface area contributed by atoms with Crippen LogP contribution in [0, 0.1) is 13.8 Å². The van der Waals surface area contributed by atoms with Crippen molar-refractivity contribution in [3.8, 4) is 5.95 Å². The van der Waals surface area contributed by atoms with Gasteiger partial charge in [-0.2, -0.15) is 23.0 Å². The average molecular weight is 257 g/mol. The lowest BCUT2D eigenvalue weighted by Gasteiger charge is -2.04. The fourth-order valence-electron chi connectivity index (χ4n) is 1.50. The summed E-state index contributed by atoms with van der Waals surface area (Å²) in [5.41, 5.74) is 5.68. The van der Waals surface area contributed by atoms with Gasteiger partial charge in [0, 0.05) is 17.5 Å². The Kier molecular flexibility index (Phi) is 2.72. The molecule has 2 aromatic heterocycles. The van der Waals surface area contributed by atoms with Gasteiger partial charge < -0.3 is 5.73 Å². The highest BCUT2D eigenvalue weighted by Gasteiger charge is 2.35. The molecule has 2 rings (SSSR count). The van der Waals surface area contributed by atoms with Gasteiger partial charge in [0.1, 0.15) is 5.82 Å². The monoisotopic (exact) mass is 257 g/mol. The molecule has 0 fully saturated rings. The maximum absolute atomic E-state index is 12.5. The maximum Gasteiger partial charge on any atom is 0.435 e. The average Bonchev–Trinajstić information content (AvgIpc) is 2.58. The molecule has 5 nitrogen and oxygen atoms in total.